The molecule has 0 aliphatic carbocycles. The highest BCUT2D eigenvalue weighted by molar-refractivity contribution is 5.80. The Morgan fingerprint density at radius 1 is 1.37 bits per heavy atom. The first kappa shape index (κ1) is 13.3. The van der Waals surface area contributed by atoms with Gasteiger partial charge in [0.1, 0.15) is 5.82 Å². The zero-order valence-electron chi connectivity index (χ0n) is 10.9. The van der Waals surface area contributed by atoms with Crippen LogP contribution in [0.5, 0.6) is 0 Å². The third-order valence-electron chi connectivity index (χ3n) is 2.84. The summed E-state index contributed by atoms with van der Waals surface area (Å²) in [5, 5.41) is 3.34. The number of hydrogen-bond acceptors (Lipinski definition) is 3. The number of carbonyl (C=O) groups excluding carboxylic acids is 1. The maximum Gasteiger partial charge on any atom is 0.258 e. The number of benzene rings is 1. The summed E-state index contributed by atoms with van der Waals surface area (Å²) < 4.78 is 0. The topological polar surface area (TPSA) is 74.8 Å². The van der Waals surface area contributed by atoms with E-state index in [2.05, 4.69) is 22.2 Å². The molecule has 0 radical (unpaired) electrons. The molecular weight excluding hydrogens is 242 g/mol. The third kappa shape index (κ3) is 3.40. The van der Waals surface area contributed by atoms with Crippen LogP contribution in [-0.4, -0.2) is 22.4 Å². The highest BCUT2D eigenvalue weighted by atomic mass is 16.1. The Morgan fingerprint density at radius 2 is 2.16 bits per heavy atom. The molecule has 1 aromatic heterocycles. The maximum absolute atomic E-state index is 11.8. The Kier molecular flexibility index (Phi) is 4.28. The van der Waals surface area contributed by atoms with Gasteiger partial charge in [-0.3, -0.25) is 9.59 Å². The van der Waals surface area contributed by atoms with Crippen molar-refractivity contribution >= 4 is 16.8 Å². The summed E-state index contributed by atoms with van der Waals surface area (Å²) in [4.78, 5) is 30.4. The van der Waals surface area contributed by atoms with Gasteiger partial charge in [-0.15, -0.1) is 0 Å². The van der Waals surface area contributed by atoms with E-state index in [1.165, 1.54) is 0 Å². The zero-order chi connectivity index (χ0) is 13.7. The fourth-order valence-electron chi connectivity index (χ4n) is 1.84. The van der Waals surface area contributed by atoms with Gasteiger partial charge in [-0.05, 0) is 18.6 Å². The van der Waals surface area contributed by atoms with Gasteiger partial charge in [-0.1, -0.05) is 25.5 Å². The number of hydrogen-bond donors (Lipinski definition) is 2. The predicted molar refractivity (Wildman–Crippen MR) is 74.0 cm³/mol. The van der Waals surface area contributed by atoms with Crippen LogP contribution in [0.2, 0.25) is 0 Å². The minimum atomic E-state index is -0.207. The molecule has 5 nitrogen and oxygen atoms in total. The molecule has 5 heteroatoms. The number of para-hydroxylation sites is 1. The number of aromatic nitrogens is 2. The Labute approximate surface area is 111 Å². The van der Waals surface area contributed by atoms with Crippen molar-refractivity contribution in [2.75, 3.05) is 6.54 Å². The Balaban J connectivity index is 2.13. The minimum absolute atomic E-state index is 0.101. The molecule has 0 unspecified atom stereocenters. The Morgan fingerprint density at radius 3 is 2.95 bits per heavy atom. The summed E-state index contributed by atoms with van der Waals surface area (Å²) in [7, 11) is 0. The number of aromatic amines is 1. The minimum Gasteiger partial charge on any atom is -0.356 e. The van der Waals surface area contributed by atoms with E-state index < -0.39 is 0 Å². The largest absolute Gasteiger partial charge is 0.356 e. The molecule has 100 valence electrons. The van der Waals surface area contributed by atoms with Crippen molar-refractivity contribution in [2.24, 2.45) is 0 Å². The summed E-state index contributed by atoms with van der Waals surface area (Å²) in [6, 6.07) is 7.09. The SMILES string of the molecule is CCCCNC(=O)Cc1nc2ccccc2c(=O)[nH]1. The van der Waals surface area contributed by atoms with Crippen LogP contribution < -0.4 is 10.9 Å². The maximum atomic E-state index is 11.8. The summed E-state index contributed by atoms with van der Waals surface area (Å²) in [5.41, 5.74) is 0.407. The molecule has 0 aliphatic heterocycles. The fraction of sp³-hybridized carbons (Fsp3) is 0.357. The molecule has 0 aliphatic rings. The standard InChI is InChI=1S/C14H17N3O2/c1-2-3-8-15-13(18)9-12-16-11-7-5-4-6-10(11)14(19)17-12/h4-7H,2-3,8-9H2,1H3,(H,15,18)(H,16,17,19). The summed E-state index contributed by atoms with van der Waals surface area (Å²) in [6.45, 7) is 2.72. The molecule has 2 rings (SSSR count). The van der Waals surface area contributed by atoms with Crippen LogP contribution in [0.1, 0.15) is 25.6 Å². The number of unbranched alkanes of at least 4 members (excludes halogenated alkanes) is 1. The second kappa shape index (κ2) is 6.13. The lowest BCUT2D eigenvalue weighted by Crippen LogP contribution is -2.27. The first-order chi connectivity index (χ1) is 9.20. The van der Waals surface area contributed by atoms with E-state index in [-0.39, 0.29) is 17.9 Å². The monoisotopic (exact) mass is 259 g/mol. The van der Waals surface area contributed by atoms with E-state index >= 15 is 0 Å². The molecule has 0 fully saturated rings. The Hall–Kier alpha value is -2.17. The van der Waals surface area contributed by atoms with Gasteiger partial charge in [0, 0.05) is 6.54 Å². The van der Waals surface area contributed by atoms with Crippen LogP contribution in [0.25, 0.3) is 10.9 Å². The summed E-state index contributed by atoms with van der Waals surface area (Å²) in [6.07, 6.45) is 2.09. The van der Waals surface area contributed by atoms with Crippen LogP contribution in [0.4, 0.5) is 0 Å². The highest BCUT2D eigenvalue weighted by Gasteiger charge is 2.07. The molecule has 1 aromatic carbocycles. The Bertz CT molecular complexity index is 634. The zero-order valence-corrected chi connectivity index (χ0v) is 10.9. The van der Waals surface area contributed by atoms with E-state index in [0.717, 1.165) is 12.8 Å². The van der Waals surface area contributed by atoms with Crippen LogP contribution in [0.15, 0.2) is 29.1 Å². The van der Waals surface area contributed by atoms with Crippen molar-refractivity contribution in [3.05, 3.63) is 40.4 Å². The smallest absolute Gasteiger partial charge is 0.258 e. The van der Waals surface area contributed by atoms with Gasteiger partial charge in [0.25, 0.3) is 5.56 Å². The van der Waals surface area contributed by atoms with Gasteiger partial charge < -0.3 is 10.3 Å². The van der Waals surface area contributed by atoms with Crippen molar-refractivity contribution in [2.45, 2.75) is 26.2 Å². The van der Waals surface area contributed by atoms with E-state index in [4.69, 9.17) is 0 Å². The molecule has 1 heterocycles. The third-order valence-corrected chi connectivity index (χ3v) is 2.84. The first-order valence-corrected chi connectivity index (χ1v) is 6.45. The molecular formula is C14H17N3O2. The van der Waals surface area contributed by atoms with Gasteiger partial charge in [-0.25, -0.2) is 4.98 Å². The lowest BCUT2D eigenvalue weighted by molar-refractivity contribution is -0.120. The molecule has 0 spiro atoms. The van der Waals surface area contributed by atoms with Gasteiger partial charge >= 0.3 is 0 Å². The number of fused-ring (bicyclic) bond motifs is 1. The van der Waals surface area contributed by atoms with Crippen molar-refractivity contribution < 1.29 is 4.79 Å². The molecule has 2 aromatic rings. The molecule has 19 heavy (non-hydrogen) atoms. The normalized spacial score (nSPS) is 10.6. The fourth-order valence-corrected chi connectivity index (χ4v) is 1.84. The highest BCUT2D eigenvalue weighted by Crippen LogP contribution is 2.05. The number of nitrogens with zero attached hydrogens (tertiary/aromatic N) is 1. The summed E-state index contributed by atoms with van der Waals surface area (Å²) in [5.74, 6) is 0.282. The van der Waals surface area contributed by atoms with E-state index in [0.29, 0.717) is 23.3 Å². The van der Waals surface area contributed by atoms with Gasteiger partial charge in [0.2, 0.25) is 5.91 Å². The molecule has 0 saturated carbocycles. The van der Waals surface area contributed by atoms with Crippen molar-refractivity contribution in [1.29, 1.82) is 0 Å². The predicted octanol–water partition coefficient (Wildman–Crippen LogP) is 1.38. The van der Waals surface area contributed by atoms with Crippen LogP contribution in [0.3, 0.4) is 0 Å². The number of carbonyl (C=O) groups is 1. The van der Waals surface area contributed by atoms with Gasteiger partial charge in [-0.2, -0.15) is 0 Å². The molecule has 2 N–H and O–H groups in total. The summed E-state index contributed by atoms with van der Waals surface area (Å²) >= 11 is 0. The quantitative estimate of drug-likeness (QED) is 0.797. The molecule has 0 saturated heterocycles. The lowest BCUT2D eigenvalue weighted by Gasteiger charge is -2.04. The van der Waals surface area contributed by atoms with E-state index in [1.807, 2.05) is 6.07 Å². The second-order valence-corrected chi connectivity index (χ2v) is 4.41. The van der Waals surface area contributed by atoms with Gasteiger partial charge in [0.05, 0.1) is 17.3 Å². The average Bonchev–Trinajstić information content (AvgIpc) is 2.39. The number of rotatable bonds is 5. The second-order valence-electron chi connectivity index (χ2n) is 4.41. The average molecular weight is 259 g/mol. The van der Waals surface area contributed by atoms with Crippen LogP contribution in [-0.2, 0) is 11.2 Å². The van der Waals surface area contributed by atoms with Crippen LogP contribution >= 0.6 is 0 Å². The van der Waals surface area contributed by atoms with E-state index in [1.54, 1.807) is 18.2 Å². The molecule has 0 bridgehead atoms. The number of H-pyrrole nitrogens is 1. The van der Waals surface area contributed by atoms with Crippen LogP contribution in [0, 0.1) is 0 Å². The number of nitrogens with one attached hydrogen (secondary N) is 2. The number of amides is 1. The van der Waals surface area contributed by atoms with Crippen molar-refractivity contribution in [3.63, 3.8) is 0 Å². The van der Waals surface area contributed by atoms with Gasteiger partial charge in [0.15, 0.2) is 0 Å². The van der Waals surface area contributed by atoms with Crippen molar-refractivity contribution in [3.8, 4) is 0 Å². The molecule has 0 atom stereocenters. The molecule has 1 amide bonds. The lowest BCUT2D eigenvalue weighted by atomic mass is 10.2. The van der Waals surface area contributed by atoms with Crippen molar-refractivity contribution in [1.82, 2.24) is 15.3 Å². The van der Waals surface area contributed by atoms with E-state index in [9.17, 15) is 9.59 Å². The first-order valence-electron chi connectivity index (χ1n) is 6.45.